The van der Waals surface area contributed by atoms with E-state index in [0.717, 1.165) is 25.5 Å². The fourth-order valence-corrected chi connectivity index (χ4v) is 2.29. The van der Waals surface area contributed by atoms with Crippen LogP contribution >= 0.6 is 11.6 Å². The summed E-state index contributed by atoms with van der Waals surface area (Å²) in [6.07, 6.45) is -2.51. The predicted octanol–water partition coefficient (Wildman–Crippen LogP) is 5.41. The zero-order chi connectivity index (χ0) is 17.7. The van der Waals surface area contributed by atoms with Crippen LogP contribution in [0.25, 0.3) is 0 Å². The molecule has 130 valence electrons. The number of aromatic nitrogens is 2. The van der Waals surface area contributed by atoms with Gasteiger partial charge in [0.05, 0.1) is 11.3 Å². The standard InChI is InChI=1S/C16H18ClF3N4/c1-3-4-7-21-14-9-15(23-10(2)22-14)24-13-6-5-11(17)8-12(13)16(18,19)20/h5-6,8-9H,3-4,7H2,1-2H3,(H2,21,22,23,24). The summed E-state index contributed by atoms with van der Waals surface area (Å²) in [5.41, 5.74) is -0.948. The highest BCUT2D eigenvalue weighted by atomic mass is 35.5. The first kappa shape index (κ1) is 18.3. The van der Waals surface area contributed by atoms with Crippen molar-refractivity contribution in [2.45, 2.75) is 32.9 Å². The molecule has 1 heterocycles. The van der Waals surface area contributed by atoms with E-state index in [-0.39, 0.29) is 16.5 Å². The maximum Gasteiger partial charge on any atom is 0.418 e. The lowest BCUT2D eigenvalue weighted by molar-refractivity contribution is -0.136. The van der Waals surface area contributed by atoms with Crippen LogP contribution < -0.4 is 10.6 Å². The molecule has 0 amide bonds. The fraction of sp³-hybridized carbons (Fsp3) is 0.375. The molecular formula is C16H18ClF3N4. The fourth-order valence-electron chi connectivity index (χ4n) is 2.11. The largest absolute Gasteiger partial charge is 0.418 e. The van der Waals surface area contributed by atoms with Crippen molar-refractivity contribution < 1.29 is 13.2 Å². The summed E-state index contributed by atoms with van der Waals surface area (Å²) in [5, 5.41) is 5.86. The van der Waals surface area contributed by atoms with E-state index in [9.17, 15) is 13.2 Å². The van der Waals surface area contributed by atoms with Crippen molar-refractivity contribution >= 4 is 28.9 Å². The summed E-state index contributed by atoms with van der Waals surface area (Å²) in [4.78, 5) is 8.37. The average molecular weight is 359 g/mol. The van der Waals surface area contributed by atoms with Crippen LogP contribution in [0.3, 0.4) is 0 Å². The Balaban J connectivity index is 2.28. The molecule has 2 aromatic rings. The molecule has 0 atom stereocenters. The van der Waals surface area contributed by atoms with Crippen molar-refractivity contribution in [1.82, 2.24) is 9.97 Å². The summed E-state index contributed by atoms with van der Waals surface area (Å²) in [5.74, 6) is 1.32. The van der Waals surface area contributed by atoms with Crippen LogP contribution in [0.5, 0.6) is 0 Å². The van der Waals surface area contributed by atoms with E-state index in [1.54, 1.807) is 13.0 Å². The minimum absolute atomic E-state index is 0.0219. The minimum Gasteiger partial charge on any atom is -0.370 e. The first-order chi connectivity index (χ1) is 11.3. The van der Waals surface area contributed by atoms with Gasteiger partial charge in [0.2, 0.25) is 0 Å². The molecule has 0 spiro atoms. The maximum absolute atomic E-state index is 13.2. The molecule has 0 aliphatic heterocycles. The third-order valence-corrected chi connectivity index (χ3v) is 3.46. The molecule has 8 heteroatoms. The first-order valence-electron chi connectivity index (χ1n) is 7.53. The number of hydrogen-bond acceptors (Lipinski definition) is 4. The Labute approximate surface area is 143 Å². The van der Waals surface area contributed by atoms with Crippen molar-refractivity contribution in [2.75, 3.05) is 17.2 Å². The number of nitrogens with zero attached hydrogens (tertiary/aromatic N) is 2. The van der Waals surface area contributed by atoms with Gasteiger partial charge in [-0.1, -0.05) is 24.9 Å². The molecule has 0 fully saturated rings. The molecule has 24 heavy (non-hydrogen) atoms. The Bertz CT molecular complexity index is 704. The van der Waals surface area contributed by atoms with Crippen LogP contribution in [-0.4, -0.2) is 16.5 Å². The minimum atomic E-state index is -4.52. The number of anilines is 3. The highest BCUT2D eigenvalue weighted by Crippen LogP contribution is 2.37. The number of benzene rings is 1. The molecule has 1 aromatic heterocycles. The van der Waals surface area contributed by atoms with Gasteiger partial charge in [0.1, 0.15) is 17.5 Å². The van der Waals surface area contributed by atoms with Gasteiger partial charge in [-0.15, -0.1) is 0 Å². The van der Waals surface area contributed by atoms with E-state index in [1.165, 1.54) is 12.1 Å². The normalized spacial score (nSPS) is 11.4. The molecule has 0 aliphatic rings. The lowest BCUT2D eigenvalue weighted by atomic mass is 10.1. The quantitative estimate of drug-likeness (QED) is 0.677. The molecule has 2 N–H and O–H groups in total. The molecule has 0 saturated heterocycles. The van der Waals surface area contributed by atoms with Gasteiger partial charge in [0.25, 0.3) is 0 Å². The van der Waals surface area contributed by atoms with Crippen molar-refractivity contribution in [1.29, 1.82) is 0 Å². The number of unbranched alkanes of at least 4 members (excludes halogenated alkanes) is 1. The smallest absolute Gasteiger partial charge is 0.370 e. The molecule has 1 aromatic carbocycles. The Morgan fingerprint density at radius 2 is 1.83 bits per heavy atom. The van der Waals surface area contributed by atoms with Crippen LogP contribution in [0.15, 0.2) is 24.3 Å². The van der Waals surface area contributed by atoms with Crippen LogP contribution in [0.4, 0.5) is 30.5 Å². The number of alkyl halides is 3. The number of halogens is 4. The zero-order valence-corrected chi connectivity index (χ0v) is 14.1. The maximum atomic E-state index is 13.2. The van der Waals surface area contributed by atoms with E-state index < -0.39 is 11.7 Å². The molecule has 0 radical (unpaired) electrons. The SMILES string of the molecule is CCCCNc1cc(Nc2ccc(Cl)cc2C(F)(F)F)nc(C)n1. The summed E-state index contributed by atoms with van der Waals surface area (Å²) < 4.78 is 39.5. The van der Waals surface area contributed by atoms with Crippen molar-refractivity contribution in [3.63, 3.8) is 0 Å². The topological polar surface area (TPSA) is 49.8 Å². The van der Waals surface area contributed by atoms with Crippen molar-refractivity contribution in [3.05, 3.63) is 40.7 Å². The second kappa shape index (κ2) is 7.70. The number of hydrogen-bond donors (Lipinski definition) is 2. The van der Waals surface area contributed by atoms with Gasteiger partial charge in [0.15, 0.2) is 0 Å². The van der Waals surface area contributed by atoms with E-state index in [0.29, 0.717) is 11.6 Å². The molecule has 0 aliphatic carbocycles. The number of nitrogens with one attached hydrogen (secondary N) is 2. The second-order valence-corrected chi connectivity index (χ2v) is 5.72. The zero-order valence-electron chi connectivity index (χ0n) is 13.3. The van der Waals surface area contributed by atoms with Gasteiger partial charge in [-0.2, -0.15) is 13.2 Å². The number of aryl methyl sites for hydroxylation is 1. The molecule has 2 rings (SSSR count). The van der Waals surface area contributed by atoms with Gasteiger partial charge in [0, 0.05) is 17.6 Å². The average Bonchev–Trinajstić information content (AvgIpc) is 2.48. The van der Waals surface area contributed by atoms with Gasteiger partial charge in [-0.3, -0.25) is 0 Å². The lowest BCUT2D eigenvalue weighted by Gasteiger charge is -2.15. The highest BCUT2D eigenvalue weighted by molar-refractivity contribution is 6.30. The van der Waals surface area contributed by atoms with Crippen molar-refractivity contribution in [3.8, 4) is 0 Å². The van der Waals surface area contributed by atoms with Gasteiger partial charge in [-0.25, -0.2) is 9.97 Å². The first-order valence-corrected chi connectivity index (χ1v) is 7.90. The monoisotopic (exact) mass is 358 g/mol. The summed E-state index contributed by atoms with van der Waals surface area (Å²) in [6.45, 7) is 4.49. The summed E-state index contributed by atoms with van der Waals surface area (Å²) in [6, 6.07) is 5.15. The van der Waals surface area contributed by atoms with Gasteiger partial charge < -0.3 is 10.6 Å². The van der Waals surface area contributed by atoms with Crippen LogP contribution in [0.1, 0.15) is 31.2 Å². The van der Waals surface area contributed by atoms with E-state index in [4.69, 9.17) is 11.6 Å². The Morgan fingerprint density at radius 3 is 2.50 bits per heavy atom. The highest BCUT2D eigenvalue weighted by Gasteiger charge is 2.34. The van der Waals surface area contributed by atoms with E-state index in [2.05, 4.69) is 27.5 Å². The van der Waals surface area contributed by atoms with Crippen LogP contribution in [-0.2, 0) is 6.18 Å². The Morgan fingerprint density at radius 1 is 1.12 bits per heavy atom. The Kier molecular flexibility index (Phi) is 5.88. The third-order valence-electron chi connectivity index (χ3n) is 3.22. The van der Waals surface area contributed by atoms with Crippen LogP contribution in [0.2, 0.25) is 5.02 Å². The Hall–Kier alpha value is -2.02. The van der Waals surface area contributed by atoms with Crippen molar-refractivity contribution in [2.24, 2.45) is 0 Å². The van der Waals surface area contributed by atoms with Crippen LogP contribution in [0, 0.1) is 6.92 Å². The lowest BCUT2D eigenvalue weighted by Crippen LogP contribution is -2.10. The second-order valence-electron chi connectivity index (χ2n) is 5.28. The predicted molar refractivity (Wildman–Crippen MR) is 89.9 cm³/mol. The van der Waals surface area contributed by atoms with E-state index >= 15 is 0 Å². The van der Waals surface area contributed by atoms with E-state index in [1.807, 2.05) is 0 Å². The summed E-state index contributed by atoms with van der Waals surface area (Å²) >= 11 is 5.68. The third kappa shape index (κ3) is 4.99. The van der Waals surface area contributed by atoms with Gasteiger partial charge in [-0.05, 0) is 31.5 Å². The summed E-state index contributed by atoms with van der Waals surface area (Å²) in [7, 11) is 0. The molecule has 4 nitrogen and oxygen atoms in total. The molecular weight excluding hydrogens is 341 g/mol. The number of rotatable bonds is 6. The molecule has 0 saturated carbocycles. The molecule has 0 unspecified atom stereocenters. The molecule has 0 bridgehead atoms. The van der Waals surface area contributed by atoms with Gasteiger partial charge >= 0.3 is 6.18 Å².